The third-order valence-corrected chi connectivity index (χ3v) is 8.48. The molecule has 1 saturated heterocycles. The van der Waals surface area contributed by atoms with E-state index in [2.05, 4.69) is 51.8 Å². The van der Waals surface area contributed by atoms with Gasteiger partial charge in [-0.05, 0) is 31.5 Å². The van der Waals surface area contributed by atoms with E-state index in [1.807, 2.05) is 0 Å². The number of amides is 1. The van der Waals surface area contributed by atoms with Crippen molar-refractivity contribution in [1.82, 2.24) is 20.1 Å². The molecule has 5 nitrogen and oxygen atoms in total. The molecular weight excluding hydrogens is 452 g/mol. The molecule has 1 aliphatic carbocycles. The van der Waals surface area contributed by atoms with Gasteiger partial charge in [-0.25, -0.2) is 4.98 Å². The highest BCUT2D eigenvalue weighted by molar-refractivity contribution is 7.13. The molecule has 2 fully saturated rings. The van der Waals surface area contributed by atoms with Crippen LogP contribution >= 0.6 is 11.3 Å². The minimum atomic E-state index is 0.128. The van der Waals surface area contributed by atoms with Gasteiger partial charge in [-0.3, -0.25) is 9.69 Å². The Bertz CT molecular complexity index is 894. The molecule has 0 atom stereocenters. The molecule has 35 heavy (non-hydrogen) atoms. The molecule has 0 bridgehead atoms. The monoisotopic (exact) mass is 496 g/mol. The van der Waals surface area contributed by atoms with Crippen LogP contribution in [-0.4, -0.2) is 60.0 Å². The van der Waals surface area contributed by atoms with Crippen molar-refractivity contribution in [3.63, 3.8) is 0 Å². The summed E-state index contributed by atoms with van der Waals surface area (Å²) in [5.74, 6) is 0.128. The number of hydrogen-bond donors (Lipinski definition) is 1. The molecule has 1 aromatic heterocycles. The number of aromatic nitrogens is 1. The van der Waals surface area contributed by atoms with Crippen molar-refractivity contribution in [1.29, 1.82) is 0 Å². The predicted octanol–water partition coefficient (Wildman–Crippen LogP) is 5.89. The van der Waals surface area contributed by atoms with E-state index in [-0.39, 0.29) is 5.91 Å². The van der Waals surface area contributed by atoms with Gasteiger partial charge in [0, 0.05) is 49.7 Å². The fraction of sp³-hybridized carbons (Fsp3) is 0.655. The first kappa shape index (κ1) is 26.3. The standard InChI is InChI=1S/C29H44N4OS/c1-32-16-18-33(19-17-32)22-24-12-11-13-25(20-24)29-31-27(23-35-29)21-28(34)30-26-14-9-7-5-3-2-4-6-8-10-15-26/h11-13,20,23,26H,2-10,14-19,21-22H2,1H3,(H,30,34). The van der Waals surface area contributed by atoms with E-state index in [1.165, 1.54) is 63.4 Å². The lowest BCUT2D eigenvalue weighted by Gasteiger charge is -2.32. The molecule has 6 heteroatoms. The zero-order valence-corrected chi connectivity index (χ0v) is 22.5. The first-order chi connectivity index (χ1) is 17.2. The Morgan fingerprint density at radius 3 is 2.31 bits per heavy atom. The Morgan fingerprint density at radius 2 is 1.63 bits per heavy atom. The van der Waals surface area contributed by atoms with Crippen LogP contribution in [0, 0.1) is 0 Å². The second kappa shape index (κ2) is 14.1. The highest BCUT2D eigenvalue weighted by Crippen LogP contribution is 2.25. The first-order valence-electron chi connectivity index (χ1n) is 13.9. The van der Waals surface area contributed by atoms with E-state index in [0.29, 0.717) is 12.5 Å². The second-order valence-corrected chi connectivity index (χ2v) is 11.5. The van der Waals surface area contributed by atoms with Gasteiger partial charge in [0.1, 0.15) is 5.01 Å². The van der Waals surface area contributed by atoms with Crippen LogP contribution in [0.15, 0.2) is 29.6 Å². The van der Waals surface area contributed by atoms with Gasteiger partial charge < -0.3 is 10.2 Å². The first-order valence-corrected chi connectivity index (χ1v) is 14.8. The third kappa shape index (κ3) is 9.00. The lowest BCUT2D eigenvalue weighted by atomic mass is 9.98. The number of rotatable bonds is 6. The molecule has 1 aliphatic heterocycles. The van der Waals surface area contributed by atoms with Crippen LogP contribution in [0.1, 0.15) is 81.9 Å². The SMILES string of the molecule is CN1CCN(Cc2cccc(-c3nc(CC(=O)NC4CCCCCCCCCCC4)cs3)c2)CC1. The summed E-state index contributed by atoms with van der Waals surface area (Å²) < 4.78 is 0. The average Bonchev–Trinajstić information content (AvgIpc) is 3.31. The number of piperazine rings is 1. The van der Waals surface area contributed by atoms with E-state index in [1.54, 1.807) is 11.3 Å². The van der Waals surface area contributed by atoms with Crippen LogP contribution in [0.25, 0.3) is 10.6 Å². The summed E-state index contributed by atoms with van der Waals surface area (Å²) >= 11 is 1.65. The number of nitrogens with zero attached hydrogens (tertiary/aromatic N) is 3. The number of hydrogen-bond acceptors (Lipinski definition) is 5. The summed E-state index contributed by atoms with van der Waals surface area (Å²) in [5.41, 5.74) is 3.39. The zero-order valence-electron chi connectivity index (χ0n) is 21.6. The molecule has 192 valence electrons. The van der Waals surface area contributed by atoms with Crippen LogP contribution in [-0.2, 0) is 17.8 Å². The molecule has 0 unspecified atom stereocenters. The Hall–Kier alpha value is -1.76. The summed E-state index contributed by atoms with van der Waals surface area (Å²) in [4.78, 5) is 22.6. The van der Waals surface area contributed by atoms with Gasteiger partial charge in [-0.15, -0.1) is 11.3 Å². The van der Waals surface area contributed by atoms with Crippen molar-refractivity contribution in [3.8, 4) is 10.6 Å². The molecule has 0 spiro atoms. The highest BCUT2D eigenvalue weighted by Gasteiger charge is 2.16. The van der Waals surface area contributed by atoms with Gasteiger partial charge >= 0.3 is 0 Å². The van der Waals surface area contributed by atoms with Crippen molar-refractivity contribution in [2.24, 2.45) is 0 Å². The van der Waals surface area contributed by atoms with Gasteiger partial charge in [-0.1, -0.05) is 76.0 Å². The molecule has 1 saturated carbocycles. The second-order valence-electron chi connectivity index (χ2n) is 10.6. The summed E-state index contributed by atoms with van der Waals surface area (Å²) in [7, 11) is 2.20. The summed E-state index contributed by atoms with van der Waals surface area (Å²) in [6.07, 6.45) is 14.5. The zero-order chi connectivity index (χ0) is 24.3. The smallest absolute Gasteiger partial charge is 0.226 e. The number of carbonyl (C=O) groups excluding carboxylic acids is 1. The van der Waals surface area contributed by atoms with Crippen molar-refractivity contribution < 1.29 is 4.79 Å². The maximum absolute atomic E-state index is 12.8. The Labute approximate surface area is 216 Å². The van der Waals surface area contributed by atoms with E-state index < -0.39 is 0 Å². The highest BCUT2D eigenvalue weighted by atomic mass is 32.1. The Balaban J connectivity index is 1.29. The number of thiazole rings is 1. The van der Waals surface area contributed by atoms with E-state index in [4.69, 9.17) is 4.98 Å². The maximum atomic E-state index is 12.8. The van der Waals surface area contributed by atoms with Gasteiger partial charge in [0.2, 0.25) is 5.91 Å². The minimum Gasteiger partial charge on any atom is -0.353 e. The molecule has 2 aromatic rings. The molecule has 0 radical (unpaired) electrons. The average molecular weight is 497 g/mol. The lowest BCUT2D eigenvalue weighted by Crippen LogP contribution is -2.43. The van der Waals surface area contributed by atoms with Crippen LogP contribution in [0.3, 0.4) is 0 Å². The predicted molar refractivity (Wildman–Crippen MR) is 147 cm³/mol. The van der Waals surface area contributed by atoms with E-state index in [0.717, 1.165) is 61.8 Å². The molecule has 1 aromatic carbocycles. The Morgan fingerprint density at radius 1 is 0.971 bits per heavy atom. The fourth-order valence-corrected chi connectivity index (χ4v) is 6.16. The number of nitrogens with one attached hydrogen (secondary N) is 1. The van der Waals surface area contributed by atoms with Crippen LogP contribution in [0.5, 0.6) is 0 Å². The van der Waals surface area contributed by atoms with Gasteiger partial charge in [-0.2, -0.15) is 0 Å². The molecule has 2 heterocycles. The summed E-state index contributed by atoms with van der Waals surface area (Å²) in [6.45, 7) is 5.51. The van der Waals surface area contributed by atoms with Gasteiger partial charge in [0.05, 0.1) is 12.1 Å². The molecule has 4 rings (SSSR count). The Kier molecular flexibility index (Phi) is 10.6. The number of carbonyl (C=O) groups is 1. The van der Waals surface area contributed by atoms with Crippen molar-refractivity contribution in [3.05, 3.63) is 40.9 Å². The van der Waals surface area contributed by atoms with Crippen molar-refractivity contribution in [2.45, 2.75) is 89.6 Å². The number of benzene rings is 1. The minimum absolute atomic E-state index is 0.128. The largest absolute Gasteiger partial charge is 0.353 e. The maximum Gasteiger partial charge on any atom is 0.226 e. The van der Waals surface area contributed by atoms with Gasteiger partial charge in [0.25, 0.3) is 0 Å². The topological polar surface area (TPSA) is 48.5 Å². The number of likely N-dealkylation sites (N-methyl/N-ethyl adjacent to an activating group) is 1. The van der Waals surface area contributed by atoms with Crippen molar-refractivity contribution in [2.75, 3.05) is 33.2 Å². The van der Waals surface area contributed by atoms with Gasteiger partial charge in [0.15, 0.2) is 0 Å². The van der Waals surface area contributed by atoms with E-state index in [9.17, 15) is 4.79 Å². The normalized spacial score (nSPS) is 20.1. The fourth-order valence-electron chi connectivity index (χ4n) is 5.34. The van der Waals surface area contributed by atoms with Crippen LogP contribution in [0.4, 0.5) is 0 Å². The van der Waals surface area contributed by atoms with Crippen molar-refractivity contribution >= 4 is 17.2 Å². The molecule has 2 aliphatic rings. The third-order valence-electron chi connectivity index (χ3n) is 7.54. The summed E-state index contributed by atoms with van der Waals surface area (Å²) in [5, 5.41) is 6.41. The van der Waals surface area contributed by atoms with Crippen LogP contribution in [0.2, 0.25) is 0 Å². The molecular formula is C29H44N4OS. The lowest BCUT2D eigenvalue weighted by molar-refractivity contribution is -0.121. The molecule has 1 amide bonds. The van der Waals surface area contributed by atoms with Crippen LogP contribution < -0.4 is 5.32 Å². The van der Waals surface area contributed by atoms with E-state index >= 15 is 0 Å². The quantitative estimate of drug-likeness (QED) is 0.542. The summed E-state index contributed by atoms with van der Waals surface area (Å²) in [6, 6.07) is 9.09. The molecule has 1 N–H and O–H groups in total.